The number of benzene rings is 2. The Balaban J connectivity index is 1.65. The van der Waals surface area contributed by atoms with Crippen LogP contribution in [0.25, 0.3) is 0 Å². The average molecular weight is 372 g/mol. The predicted molar refractivity (Wildman–Crippen MR) is 98.3 cm³/mol. The van der Waals surface area contributed by atoms with Crippen molar-refractivity contribution in [1.82, 2.24) is 5.32 Å². The van der Waals surface area contributed by atoms with Gasteiger partial charge in [-0.3, -0.25) is 9.59 Å². The van der Waals surface area contributed by atoms with Crippen LogP contribution in [0.2, 0.25) is 0 Å². The molecule has 1 saturated heterocycles. The Hall–Kier alpha value is -3.09. The van der Waals surface area contributed by atoms with Crippen LogP contribution < -0.4 is 19.7 Å². The third-order valence-electron chi connectivity index (χ3n) is 4.58. The summed E-state index contributed by atoms with van der Waals surface area (Å²) in [6.45, 7) is 0.697. The maximum Gasteiger partial charge on any atom is 0.239 e. The summed E-state index contributed by atoms with van der Waals surface area (Å²) < 4.78 is 23.4. The van der Waals surface area contributed by atoms with Crippen molar-refractivity contribution in [2.24, 2.45) is 5.92 Å². The molecule has 1 aliphatic heterocycles. The van der Waals surface area contributed by atoms with Gasteiger partial charge >= 0.3 is 0 Å². The maximum absolute atomic E-state index is 12.9. The van der Waals surface area contributed by atoms with Crippen molar-refractivity contribution in [2.75, 3.05) is 25.7 Å². The summed E-state index contributed by atoms with van der Waals surface area (Å²) in [5, 5.41) is 2.75. The van der Waals surface area contributed by atoms with Gasteiger partial charge < -0.3 is 19.7 Å². The van der Waals surface area contributed by atoms with E-state index in [1.807, 2.05) is 0 Å². The van der Waals surface area contributed by atoms with Gasteiger partial charge in [0.05, 0.1) is 14.2 Å². The number of hydrogen-bond donors (Lipinski definition) is 1. The van der Waals surface area contributed by atoms with Gasteiger partial charge in [-0.15, -0.1) is 0 Å². The molecule has 2 aromatic rings. The SMILES string of the molecule is COc1ccc(N2CCC(C(=O)NCc3ccc(F)cc3)C2=O)cc1OC. The van der Waals surface area contributed by atoms with Crippen LogP contribution in [-0.2, 0) is 16.1 Å². The predicted octanol–water partition coefficient (Wildman–Crippen LogP) is 2.51. The lowest BCUT2D eigenvalue weighted by Crippen LogP contribution is -2.36. The van der Waals surface area contributed by atoms with E-state index >= 15 is 0 Å². The molecule has 6 nitrogen and oxygen atoms in total. The van der Waals surface area contributed by atoms with Crippen LogP contribution in [-0.4, -0.2) is 32.6 Å². The third kappa shape index (κ3) is 4.02. The summed E-state index contributed by atoms with van der Waals surface area (Å²) in [5.74, 6) is -0.556. The minimum absolute atomic E-state index is 0.249. The number of nitrogens with one attached hydrogen (secondary N) is 1. The van der Waals surface area contributed by atoms with E-state index in [0.29, 0.717) is 30.2 Å². The zero-order valence-corrected chi connectivity index (χ0v) is 15.2. The van der Waals surface area contributed by atoms with Crippen LogP contribution in [0.5, 0.6) is 11.5 Å². The number of carbonyl (C=O) groups is 2. The Morgan fingerprint density at radius 2 is 1.85 bits per heavy atom. The van der Waals surface area contributed by atoms with Crippen LogP contribution >= 0.6 is 0 Å². The molecule has 1 unspecified atom stereocenters. The summed E-state index contributed by atoms with van der Waals surface area (Å²) in [6.07, 6.45) is 0.433. The molecular weight excluding hydrogens is 351 g/mol. The van der Waals surface area contributed by atoms with E-state index in [-0.39, 0.29) is 24.2 Å². The summed E-state index contributed by atoms with van der Waals surface area (Å²) in [7, 11) is 3.07. The Kier molecular flexibility index (Phi) is 5.59. The number of hydrogen-bond acceptors (Lipinski definition) is 4. The lowest BCUT2D eigenvalue weighted by atomic mass is 10.1. The van der Waals surface area contributed by atoms with Crippen LogP contribution in [0.3, 0.4) is 0 Å². The molecule has 0 aliphatic carbocycles. The molecule has 142 valence electrons. The molecule has 0 aromatic heterocycles. The normalized spacial score (nSPS) is 16.3. The van der Waals surface area contributed by atoms with Crippen LogP contribution in [0.4, 0.5) is 10.1 Å². The van der Waals surface area contributed by atoms with E-state index < -0.39 is 5.92 Å². The summed E-state index contributed by atoms with van der Waals surface area (Å²) in [5.41, 5.74) is 1.43. The molecule has 1 fully saturated rings. The zero-order chi connectivity index (χ0) is 19.4. The molecular formula is C20H21FN2O4. The second-order valence-corrected chi connectivity index (χ2v) is 6.21. The standard InChI is InChI=1S/C20H21FN2O4/c1-26-17-8-7-15(11-18(17)27-2)23-10-9-16(20(23)25)19(24)22-12-13-3-5-14(21)6-4-13/h3-8,11,16H,9-10,12H2,1-2H3,(H,22,24). The molecule has 0 spiro atoms. The highest BCUT2D eigenvalue weighted by atomic mass is 19.1. The molecule has 2 amide bonds. The average Bonchev–Trinajstić information content (AvgIpc) is 3.08. The number of anilines is 1. The Morgan fingerprint density at radius 3 is 2.52 bits per heavy atom. The highest BCUT2D eigenvalue weighted by Gasteiger charge is 2.37. The van der Waals surface area contributed by atoms with Crippen LogP contribution in [0.15, 0.2) is 42.5 Å². The molecule has 27 heavy (non-hydrogen) atoms. The molecule has 0 radical (unpaired) electrons. The van der Waals surface area contributed by atoms with Gasteiger partial charge in [-0.1, -0.05) is 12.1 Å². The number of methoxy groups -OCH3 is 2. The monoisotopic (exact) mass is 372 g/mol. The molecule has 1 N–H and O–H groups in total. The van der Waals surface area contributed by atoms with Gasteiger partial charge in [0.1, 0.15) is 11.7 Å². The topological polar surface area (TPSA) is 67.9 Å². The Bertz CT molecular complexity index is 838. The quantitative estimate of drug-likeness (QED) is 0.792. The van der Waals surface area contributed by atoms with Crippen molar-refractivity contribution in [3.8, 4) is 11.5 Å². The van der Waals surface area contributed by atoms with Crippen molar-refractivity contribution in [2.45, 2.75) is 13.0 Å². The number of nitrogens with zero attached hydrogens (tertiary/aromatic N) is 1. The van der Waals surface area contributed by atoms with Crippen molar-refractivity contribution in [3.63, 3.8) is 0 Å². The number of ether oxygens (including phenoxy) is 2. The zero-order valence-electron chi connectivity index (χ0n) is 15.2. The Labute approximate surface area is 156 Å². The largest absolute Gasteiger partial charge is 0.493 e. The number of carbonyl (C=O) groups excluding carboxylic acids is 2. The molecule has 2 aromatic carbocycles. The second-order valence-electron chi connectivity index (χ2n) is 6.21. The minimum atomic E-state index is -0.737. The van der Waals surface area contributed by atoms with E-state index in [4.69, 9.17) is 9.47 Å². The van der Waals surface area contributed by atoms with E-state index in [9.17, 15) is 14.0 Å². The lowest BCUT2D eigenvalue weighted by molar-refractivity contribution is -0.132. The van der Waals surface area contributed by atoms with Crippen molar-refractivity contribution in [1.29, 1.82) is 0 Å². The smallest absolute Gasteiger partial charge is 0.239 e. The fraction of sp³-hybridized carbons (Fsp3) is 0.300. The van der Waals surface area contributed by atoms with Crippen molar-refractivity contribution in [3.05, 3.63) is 53.8 Å². The number of halogens is 1. The van der Waals surface area contributed by atoms with E-state index in [1.54, 1.807) is 42.3 Å². The fourth-order valence-corrected chi connectivity index (χ4v) is 3.09. The first-order chi connectivity index (χ1) is 13.0. The lowest BCUT2D eigenvalue weighted by Gasteiger charge is -2.18. The van der Waals surface area contributed by atoms with Crippen molar-refractivity contribution >= 4 is 17.5 Å². The van der Waals surface area contributed by atoms with Crippen LogP contribution in [0.1, 0.15) is 12.0 Å². The highest BCUT2D eigenvalue weighted by molar-refractivity contribution is 6.09. The Morgan fingerprint density at radius 1 is 1.15 bits per heavy atom. The molecule has 7 heteroatoms. The van der Waals surface area contributed by atoms with Gasteiger partial charge in [0.2, 0.25) is 11.8 Å². The van der Waals surface area contributed by atoms with E-state index in [2.05, 4.69) is 5.32 Å². The summed E-state index contributed by atoms with van der Waals surface area (Å²) in [4.78, 5) is 26.7. The summed E-state index contributed by atoms with van der Waals surface area (Å²) >= 11 is 0. The molecule has 1 heterocycles. The van der Waals surface area contributed by atoms with Gasteiger partial charge in [-0.2, -0.15) is 0 Å². The van der Waals surface area contributed by atoms with Gasteiger partial charge in [0.15, 0.2) is 11.5 Å². The number of amides is 2. The van der Waals surface area contributed by atoms with Gasteiger partial charge in [0.25, 0.3) is 0 Å². The molecule has 1 atom stereocenters. The van der Waals surface area contributed by atoms with Gasteiger partial charge in [-0.25, -0.2) is 4.39 Å². The molecule has 1 aliphatic rings. The summed E-state index contributed by atoms with van der Waals surface area (Å²) in [6, 6.07) is 11.1. The molecule has 0 bridgehead atoms. The van der Waals surface area contributed by atoms with Crippen LogP contribution in [0, 0.1) is 11.7 Å². The second kappa shape index (κ2) is 8.07. The van der Waals surface area contributed by atoms with Gasteiger partial charge in [-0.05, 0) is 36.2 Å². The highest BCUT2D eigenvalue weighted by Crippen LogP contribution is 2.34. The maximum atomic E-state index is 12.9. The van der Waals surface area contributed by atoms with E-state index in [1.165, 1.54) is 19.2 Å². The first-order valence-corrected chi connectivity index (χ1v) is 8.59. The fourth-order valence-electron chi connectivity index (χ4n) is 3.09. The third-order valence-corrected chi connectivity index (χ3v) is 4.58. The number of rotatable bonds is 6. The van der Waals surface area contributed by atoms with E-state index in [0.717, 1.165) is 5.56 Å². The first kappa shape index (κ1) is 18.7. The first-order valence-electron chi connectivity index (χ1n) is 8.59. The van der Waals surface area contributed by atoms with Crippen molar-refractivity contribution < 1.29 is 23.5 Å². The molecule has 0 saturated carbocycles. The minimum Gasteiger partial charge on any atom is -0.493 e. The van der Waals surface area contributed by atoms with Gasteiger partial charge in [0, 0.05) is 24.8 Å². The molecule has 3 rings (SSSR count).